The van der Waals surface area contributed by atoms with Crippen LogP contribution in [0.4, 0.5) is 0 Å². The van der Waals surface area contributed by atoms with Gasteiger partial charge in [0.25, 0.3) is 0 Å². The van der Waals surface area contributed by atoms with Crippen molar-refractivity contribution in [3.05, 3.63) is 94.6 Å². The predicted molar refractivity (Wildman–Crippen MR) is 191 cm³/mol. The highest BCUT2D eigenvalue weighted by molar-refractivity contribution is 7.96. The summed E-state index contributed by atoms with van der Waals surface area (Å²) in [6.45, 7) is 29.8. The molecule has 0 saturated carbocycles. The second kappa shape index (κ2) is 26.9. The Kier molecular flexibility index (Phi) is 28.3. The van der Waals surface area contributed by atoms with Gasteiger partial charge in [-0.25, -0.2) is 0 Å². The van der Waals surface area contributed by atoms with Crippen LogP contribution in [-0.4, -0.2) is 10.7 Å². The van der Waals surface area contributed by atoms with Crippen molar-refractivity contribution in [1.29, 1.82) is 0 Å². The third kappa shape index (κ3) is 16.1. The minimum absolute atomic E-state index is 0.608. The Labute approximate surface area is 253 Å². The first-order chi connectivity index (χ1) is 19.4. The summed E-state index contributed by atoms with van der Waals surface area (Å²) in [5.74, 6) is 0.719. The fourth-order valence-electron chi connectivity index (χ4n) is 4.17. The molecular weight excluding hydrogens is 506 g/mol. The average molecular weight is 568 g/mol. The molecule has 1 unspecified atom stereocenters. The summed E-state index contributed by atoms with van der Waals surface area (Å²) in [6, 6.07) is 10.8. The lowest BCUT2D eigenvalue weighted by Crippen LogP contribution is -2.27. The van der Waals surface area contributed by atoms with E-state index in [1.165, 1.54) is 23.1 Å². The monoisotopic (exact) mass is 567 g/mol. The van der Waals surface area contributed by atoms with Crippen LogP contribution in [0.25, 0.3) is 24.3 Å². The third-order valence-electron chi connectivity index (χ3n) is 5.63. The zero-order valence-corrected chi connectivity index (χ0v) is 28.5. The van der Waals surface area contributed by atoms with Gasteiger partial charge in [0.2, 0.25) is 0 Å². The van der Waals surface area contributed by atoms with Crippen LogP contribution in [0.15, 0.2) is 55.6 Å². The van der Waals surface area contributed by atoms with E-state index in [1.807, 2.05) is 100 Å². The maximum Gasteiger partial charge on any atom is 0.0660 e. The van der Waals surface area contributed by atoms with Crippen molar-refractivity contribution in [2.75, 3.05) is 0 Å². The van der Waals surface area contributed by atoms with Crippen LogP contribution in [0.1, 0.15) is 128 Å². The molecule has 0 aliphatic carbocycles. The number of hydrogen-bond donors (Lipinski definition) is 2. The van der Waals surface area contributed by atoms with Gasteiger partial charge in [-0.15, -0.1) is 0 Å². The van der Waals surface area contributed by atoms with Gasteiger partial charge < -0.3 is 5.11 Å². The zero-order chi connectivity index (χ0) is 31.6. The minimum Gasteiger partial charge on any atom is -0.390 e. The van der Waals surface area contributed by atoms with E-state index in [1.54, 1.807) is 0 Å². The summed E-state index contributed by atoms with van der Waals surface area (Å²) in [6.07, 6.45) is 15.3. The van der Waals surface area contributed by atoms with Crippen molar-refractivity contribution in [3.63, 3.8) is 0 Å². The zero-order valence-electron chi connectivity index (χ0n) is 27.7. The normalized spacial score (nSPS) is 11.4. The molecule has 0 amide bonds. The van der Waals surface area contributed by atoms with E-state index < -0.39 is 5.60 Å². The highest BCUT2D eigenvalue weighted by atomic mass is 32.2. The average Bonchev–Trinajstić information content (AvgIpc) is 2.98. The quantitative estimate of drug-likeness (QED) is 0.251. The molecule has 3 heteroatoms. The van der Waals surface area contributed by atoms with Crippen molar-refractivity contribution in [3.8, 4) is 0 Å². The lowest BCUT2D eigenvalue weighted by Gasteiger charge is -2.24. The molecule has 3 N–H and O–H groups in total. The molecule has 0 aliphatic heterocycles. The van der Waals surface area contributed by atoms with Crippen LogP contribution in [0.3, 0.4) is 0 Å². The Bertz CT molecular complexity index is 986. The summed E-state index contributed by atoms with van der Waals surface area (Å²) >= 11 is 1.31. The number of benzene rings is 2. The van der Waals surface area contributed by atoms with E-state index >= 15 is 0 Å². The molecule has 0 spiro atoms. The van der Waals surface area contributed by atoms with Crippen LogP contribution in [0.5, 0.6) is 0 Å². The Morgan fingerprint density at radius 3 is 1.85 bits per heavy atom. The lowest BCUT2D eigenvalue weighted by atomic mass is 9.87. The minimum atomic E-state index is -0.775. The Balaban J connectivity index is -0.00000157. The van der Waals surface area contributed by atoms with E-state index in [-0.39, 0.29) is 0 Å². The number of aliphatic hydroxyl groups is 1. The van der Waals surface area contributed by atoms with E-state index in [9.17, 15) is 5.11 Å². The third-order valence-corrected chi connectivity index (χ3v) is 6.11. The molecule has 2 nitrogen and oxygen atoms in total. The van der Waals surface area contributed by atoms with Gasteiger partial charge in [-0.3, -0.25) is 5.14 Å². The molecule has 0 radical (unpaired) electrons. The van der Waals surface area contributed by atoms with Gasteiger partial charge >= 0.3 is 0 Å². The first kappa shape index (κ1) is 42.1. The lowest BCUT2D eigenvalue weighted by molar-refractivity contribution is 0.0493. The molecule has 226 valence electrons. The molecular formula is C37H61NOS. The molecule has 2 aromatic carbocycles. The number of nitrogens with two attached hydrogens (primary N) is 1. The second-order valence-corrected chi connectivity index (χ2v) is 9.09. The van der Waals surface area contributed by atoms with Crippen LogP contribution < -0.4 is 5.14 Å². The summed E-state index contributed by atoms with van der Waals surface area (Å²) < 4.78 is 0. The predicted octanol–water partition coefficient (Wildman–Crippen LogP) is 11.6. The summed E-state index contributed by atoms with van der Waals surface area (Å²) in [4.78, 5) is 0. The summed E-state index contributed by atoms with van der Waals surface area (Å²) in [5.41, 5.74) is 7.37. The largest absolute Gasteiger partial charge is 0.390 e. The standard InChI is InChI=1S/C29H37NOS.4C2H6/c1-6-11-25-17-22(14-15-24(25)8-3)13-10-16-29(5,31)20-23-18-26(12-7-2)28(9-4)27(19-23)21-32-30;4*1-2/h6-9,11-12,14-15,17-19,31H,3-4,10,13,16,20-21,30H2,1-2,5H3;4*1-2H3/b11-6-,12-7-;;;;. The van der Waals surface area contributed by atoms with Crippen LogP contribution in [0.2, 0.25) is 0 Å². The van der Waals surface area contributed by atoms with Crippen molar-refractivity contribution in [1.82, 2.24) is 0 Å². The molecule has 2 aromatic rings. The van der Waals surface area contributed by atoms with Crippen LogP contribution >= 0.6 is 11.9 Å². The molecule has 0 fully saturated rings. The number of aryl methyl sites for hydroxylation is 1. The number of allylic oxidation sites excluding steroid dienone is 2. The molecule has 1 atom stereocenters. The van der Waals surface area contributed by atoms with Crippen molar-refractivity contribution >= 4 is 36.3 Å². The second-order valence-electron chi connectivity index (χ2n) is 8.47. The van der Waals surface area contributed by atoms with E-state index in [0.29, 0.717) is 6.42 Å². The molecule has 0 aliphatic rings. The smallest absolute Gasteiger partial charge is 0.0660 e. The van der Waals surface area contributed by atoms with Crippen molar-refractivity contribution in [2.24, 2.45) is 5.14 Å². The molecule has 0 bridgehead atoms. The van der Waals surface area contributed by atoms with Crippen molar-refractivity contribution < 1.29 is 5.11 Å². The molecule has 0 heterocycles. The molecule has 2 rings (SSSR count). The van der Waals surface area contributed by atoms with Crippen LogP contribution in [0, 0.1) is 0 Å². The van der Waals surface area contributed by atoms with Gasteiger partial charge in [0.1, 0.15) is 0 Å². The molecule has 0 saturated heterocycles. The van der Waals surface area contributed by atoms with Gasteiger partial charge in [0, 0.05) is 12.2 Å². The fourth-order valence-corrected chi connectivity index (χ4v) is 4.59. The Morgan fingerprint density at radius 1 is 0.800 bits per heavy atom. The maximum absolute atomic E-state index is 11.1. The Morgan fingerprint density at radius 2 is 1.35 bits per heavy atom. The molecule has 0 aromatic heterocycles. The topological polar surface area (TPSA) is 46.2 Å². The van der Waals surface area contributed by atoms with Crippen LogP contribution in [-0.2, 0) is 18.6 Å². The fraction of sp³-hybridized carbons (Fsp3) is 0.459. The maximum atomic E-state index is 11.1. The molecule has 40 heavy (non-hydrogen) atoms. The summed E-state index contributed by atoms with van der Waals surface area (Å²) in [5, 5.41) is 16.9. The van der Waals surface area contributed by atoms with E-state index in [4.69, 9.17) is 5.14 Å². The van der Waals surface area contributed by atoms with E-state index in [2.05, 4.69) is 55.6 Å². The highest BCUT2D eigenvalue weighted by Crippen LogP contribution is 2.27. The SMILES string of the molecule is C=Cc1ccc(CCCC(C)(O)Cc2cc(/C=C\C)c(C=C)c(CSN)c2)cc1/C=C\C.CC.CC.CC.CC. The van der Waals surface area contributed by atoms with Gasteiger partial charge in [0.05, 0.1) is 5.60 Å². The van der Waals surface area contributed by atoms with Gasteiger partial charge in [-0.05, 0) is 79.0 Å². The first-order valence-corrected chi connectivity index (χ1v) is 16.2. The van der Waals surface area contributed by atoms with E-state index in [0.717, 1.165) is 52.8 Å². The Hall–Kier alpha value is -2.33. The number of hydrogen-bond acceptors (Lipinski definition) is 3. The first-order valence-electron chi connectivity index (χ1n) is 15.2. The van der Waals surface area contributed by atoms with Gasteiger partial charge in [-0.2, -0.15) is 0 Å². The van der Waals surface area contributed by atoms with Gasteiger partial charge in [-0.1, -0.05) is 147 Å². The van der Waals surface area contributed by atoms with Gasteiger partial charge in [0.15, 0.2) is 0 Å². The number of rotatable bonds is 12. The van der Waals surface area contributed by atoms with Crippen molar-refractivity contribution in [2.45, 2.75) is 113 Å². The summed E-state index contributed by atoms with van der Waals surface area (Å²) in [7, 11) is 0. The highest BCUT2D eigenvalue weighted by Gasteiger charge is 2.21.